The fourth-order valence-corrected chi connectivity index (χ4v) is 4.58. The molecule has 0 bridgehead atoms. The number of hydrogen-bond acceptors (Lipinski definition) is 7. The van der Waals surface area contributed by atoms with Gasteiger partial charge in [-0.15, -0.1) is 0 Å². The van der Waals surface area contributed by atoms with E-state index in [2.05, 4.69) is 5.32 Å². The highest BCUT2D eigenvalue weighted by Gasteiger charge is 2.39. The van der Waals surface area contributed by atoms with Crippen molar-refractivity contribution in [3.63, 3.8) is 0 Å². The van der Waals surface area contributed by atoms with Crippen LogP contribution in [-0.2, 0) is 16.1 Å². The highest BCUT2D eigenvalue weighted by atomic mass is 35.5. The van der Waals surface area contributed by atoms with Gasteiger partial charge in [-0.25, -0.2) is 9.59 Å². The number of fused-ring (bicyclic) bond motifs is 1. The lowest BCUT2D eigenvalue weighted by Gasteiger charge is -2.36. The molecule has 9 nitrogen and oxygen atoms in total. The van der Waals surface area contributed by atoms with Crippen LogP contribution in [0.4, 0.5) is 21.0 Å². The number of carbonyl (C=O) groups excluding carboxylic acids is 2. The van der Waals surface area contributed by atoms with E-state index in [-0.39, 0.29) is 12.6 Å². The van der Waals surface area contributed by atoms with Gasteiger partial charge in [0.25, 0.3) is 0 Å². The quantitative estimate of drug-likeness (QED) is 0.653. The van der Waals surface area contributed by atoms with Crippen LogP contribution in [0.3, 0.4) is 0 Å². The van der Waals surface area contributed by atoms with Gasteiger partial charge in [0.15, 0.2) is 6.29 Å². The summed E-state index contributed by atoms with van der Waals surface area (Å²) in [5.74, 6) is 0. The lowest BCUT2D eigenvalue weighted by atomic mass is 10.2. The fourth-order valence-electron chi connectivity index (χ4n) is 4.31. The first kappa shape index (κ1) is 24.9. The van der Waals surface area contributed by atoms with Crippen molar-refractivity contribution in [2.75, 3.05) is 36.4 Å². The Kier molecular flexibility index (Phi) is 7.28. The van der Waals surface area contributed by atoms with Crippen molar-refractivity contribution in [3.8, 4) is 0 Å². The molecule has 4 rings (SSSR count). The molecule has 0 aromatic heterocycles. The van der Waals surface area contributed by atoms with Crippen molar-refractivity contribution in [2.45, 2.75) is 45.3 Å². The number of halogens is 1. The third-order valence-electron chi connectivity index (χ3n) is 5.86. The van der Waals surface area contributed by atoms with Crippen molar-refractivity contribution in [3.05, 3.63) is 59.1 Å². The molecule has 0 aliphatic carbocycles. The van der Waals surface area contributed by atoms with Crippen LogP contribution in [0.2, 0.25) is 5.02 Å². The van der Waals surface area contributed by atoms with Crippen LogP contribution in [0.1, 0.15) is 26.3 Å². The predicted molar refractivity (Wildman–Crippen MR) is 135 cm³/mol. The van der Waals surface area contributed by atoms with E-state index in [0.717, 1.165) is 16.9 Å². The van der Waals surface area contributed by atoms with Crippen LogP contribution < -0.4 is 16.0 Å². The molecule has 188 valence electrons. The first-order valence-corrected chi connectivity index (χ1v) is 12.0. The number of amides is 2. The molecule has 2 aliphatic heterocycles. The summed E-state index contributed by atoms with van der Waals surface area (Å²) in [6.45, 7) is 6.84. The Bertz CT molecular complexity index is 1060. The first-order chi connectivity index (χ1) is 16.6. The molecule has 1 fully saturated rings. The lowest BCUT2D eigenvalue weighted by Crippen LogP contribution is -2.56. The van der Waals surface area contributed by atoms with Gasteiger partial charge < -0.3 is 29.5 Å². The summed E-state index contributed by atoms with van der Waals surface area (Å²) in [4.78, 5) is 31.2. The van der Waals surface area contributed by atoms with Crippen LogP contribution in [0.25, 0.3) is 0 Å². The van der Waals surface area contributed by atoms with Gasteiger partial charge in [0, 0.05) is 26.2 Å². The largest absolute Gasteiger partial charge is 0.445 e. The summed E-state index contributed by atoms with van der Waals surface area (Å²) in [5.41, 5.74) is 8.25. The summed E-state index contributed by atoms with van der Waals surface area (Å²) in [7, 11) is 0. The van der Waals surface area contributed by atoms with Crippen molar-refractivity contribution in [1.29, 1.82) is 0 Å². The number of nitrogens with one attached hydrogen (secondary N) is 1. The average Bonchev–Trinajstić information content (AvgIpc) is 2.99. The van der Waals surface area contributed by atoms with E-state index in [0.29, 0.717) is 31.2 Å². The van der Waals surface area contributed by atoms with E-state index >= 15 is 0 Å². The van der Waals surface area contributed by atoms with Crippen LogP contribution >= 0.6 is 11.6 Å². The molecule has 2 aromatic carbocycles. The summed E-state index contributed by atoms with van der Waals surface area (Å²) in [6, 6.07) is 14.7. The van der Waals surface area contributed by atoms with Gasteiger partial charge in [-0.3, -0.25) is 5.73 Å². The first-order valence-electron chi connectivity index (χ1n) is 11.6. The van der Waals surface area contributed by atoms with Crippen LogP contribution in [0, 0.1) is 0 Å². The van der Waals surface area contributed by atoms with E-state index in [4.69, 9.17) is 26.8 Å². The number of nitrogens with two attached hydrogens (primary N) is 1. The number of carbonyl (C=O) groups is 2. The summed E-state index contributed by atoms with van der Waals surface area (Å²) < 4.78 is 11.2. The van der Waals surface area contributed by atoms with Crippen molar-refractivity contribution >= 4 is 35.2 Å². The van der Waals surface area contributed by atoms with E-state index < -0.39 is 24.1 Å². The number of benzene rings is 2. The lowest BCUT2D eigenvalue weighted by molar-refractivity contribution is 0.0248. The molecule has 0 saturated carbocycles. The molecular formula is C25H32ClN5O4. The topological polar surface area (TPSA) is 100 Å². The van der Waals surface area contributed by atoms with E-state index in [1.807, 2.05) is 68.1 Å². The Labute approximate surface area is 210 Å². The van der Waals surface area contributed by atoms with Gasteiger partial charge in [-0.05, 0) is 38.5 Å². The molecule has 0 radical (unpaired) electrons. The van der Waals surface area contributed by atoms with E-state index in [1.165, 1.54) is 0 Å². The Hall–Kier alpha value is -3.17. The number of para-hydroxylation sites is 1. The molecule has 0 spiro atoms. The van der Waals surface area contributed by atoms with Crippen molar-refractivity contribution < 1.29 is 19.1 Å². The maximum absolute atomic E-state index is 13.1. The molecule has 2 atom stereocenters. The second-order valence-corrected chi connectivity index (χ2v) is 10.1. The number of nitrogens with zero attached hydrogens (tertiary/aromatic N) is 3. The average molecular weight is 502 g/mol. The monoisotopic (exact) mass is 501 g/mol. The zero-order valence-electron chi connectivity index (χ0n) is 20.2. The molecule has 2 unspecified atom stereocenters. The summed E-state index contributed by atoms with van der Waals surface area (Å²) >= 11 is 6.54. The maximum Gasteiger partial charge on any atom is 0.410 e. The molecule has 3 N–H and O–H groups in total. The predicted octanol–water partition coefficient (Wildman–Crippen LogP) is 4.07. The molecule has 2 amide bonds. The molecule has 2 aliphatic rings. The second-order valence-electron chi connectivity index (χ2n) is 9.70. The molecule has 2 aromatic rings. The van der Waals surface area contributed by atoms with Crippen molar-refractivity contribution in [2.24, 2.45) is 5.73 Å². The molecule has 35 heavy (non-hydrogen) atoms. The number of hydrogen-bond donors (Lipinski definition) is 2. The number of rotatable bonds is 3. The maximum atomic E-state index is 13.1. The zero-order valence-corrected chi connectivity index (χ0v) is 21.0. The van der Waals surface area contributed by atoms with E-state index in [9.17, 15) is 9.59 Å². The highest BCUT2D eigenvalue weighted by Crippen LogP contribution is 2.41. The Balaban J connectivity index is 1.57. The van der Waals surface area contributed by atoms with Crippen molar-refractivity contribution in [1.82, 2.24) is 9.80 Å². The zero-order chi connectivity index (χ0) is 25.2. The van der Waals surface area contributed by atoms with Gasteiger partial charge in [0.1, 0.15) is 12.2 Å². The third-order valence-corrected chi connectivity index (χ3v) is 6.16. The van der Waals surface area contributed by atoms with Gasteiger partial charge in [-0.2, -0.15) is 0 Å². The summed E-state index contributed by atoms with van der Waals surface area (Å²) in [6.07, 6.45) is -1.47. The van der Waals surface area contributed by atoms with Crippen LogP contribution in [-0.4, -0.2) is 66.1 Å². The second kappa shape index (κ2) is 10.2. The Morgan fingerprint density at radius 3 is 2.34 bits per heavy atom. The molecule has 2 heterocycles. The SMILES string of the molecule is CC(C)(C)OC(=O)N1CCN(C(=O)OCc2ccccc2)CC(N2c3c(Cl)cccc3NC2N)C1. The smallest absolute Gasteiger partial charge is 0.410 e. The van der Waals surface area contributed by atoms with Gasteiger partial charge in [-0.1, -0.05) is 48.0 Å². The number of anilines is 2. The third kappa shape index (κ3) is 5.91. The minimum Gasteiger partial charge on any atom is -0.445 e. The molecule has 1 saturated heterocycles. The minimum absolute atomic E-state index is 0.163. The minimum atomic E-state index is -0.644. The summed E-state index contributed by atoms with van der Waals surface area (Å²) in [5, 5.41) is 3.77. The van der Waals surface area contributed by atoms with Gasteiger partial charge in [0.05, 0.1) is 22.4 Å². The van der Waals surface area contributed by atoms with Gasteiger partial charge in [0.2, 0.25) is 0 Å². The van der Waals surface area contributed by atoms with Crippen LogP contribution in [0.15, 0.2) is 48.5 Å². The van der Waals surface area contributed by atoms with Gasteiger partial charge >= 0.3 is 12.2 Å². The molecular weight excluding hydrogens is 470 g/mol. The Morgan fingerprint density at radius 2 is 1.69 bits per heavy atom. The Morgan fingerprint density at radius 1 is 1.03 bits per heavy atom. The normalized spacial score (nSPS) is 20.1. The van der Waals surface area contributed by atoms with E-state index in [1.54, 1.807) is 15.9 Å². The standard InChI is InChI=1S/C25H32ClN5O4/c1-25(2,3)35-24(33)30-13-12-29(23(32)34-16-17-8-5-4-6-9-17)14-18(15-30)31-21-19(26)10-7-11-20(21)28-22(31)27/h4-11,18,22,28H,12-16,27H2,1-3H3. The number of ether oxygens (including phenoxy) is 2. The van der Waals surface area contributed by atoms with Crippen LogP contribution in [0.5, 0.6) is 0 Å². The highest BCUT2D eigenvalue weighted by molar-refractivity contribution is 6.34. The molecule has 10 heteroatoms. The fraction of sp³-hybridized carbons (Fsp3) is 0.440.